The van der Waals surface area contributed by atoms with Crippen molar-refractivity contribution in [3.8, 4) is 0 Å². The lowest BCUT2D eigenvalue weighted by molar-refractivity contribution is -0.121. The Morgan fingerprint density at radius 2 is 2.00 bits per heavy atom. The fourth-order valence-corrected chi connectivity index (χ4v) is 3.65. The second-order valence-electron chi connectivity index (χ2n) is 5.07. The maximum absolute atomic E-state index is 12.4. The Morgan fingerprint density at radius 1 is 1.26 bits per heavy atom. The number of hydrogen-bond acceptors (Lipinski definition) is 6. The first-order valence-corrected chi connectivity index (χ1v) is 8.85. The Bertz CT molecular complexity index is 793. The first-order valence-electron chi connectivity index (χ1n) is 7.22. The first-order chi connectivity index (χ1) is 11.1. The SMILES string of the molecule is CCc1ccc(/C=C2\S/C(=N/c3nnc(C)s3)N(C)C2=O)cc1. The number of carbonyl (C=O) groups is 1. The molecule has 1 aromatic carbocycles. The van der Waals surface area contributed by atoms with Gasteiger partial charge in [0.2, 0.25) is 5.13 Å². The van der Waals surface area contributed by atoms with Gasteiger partial charge >= 0.3 is 0 Å². The molecule has 0 unspecified atom stereocenters. The van der Waals surface area contributed by atoms with Crippen LogP contribution in [0.2, 0.25) is 0 Å². The number of aryl methyl sites for hydroxylation is 2. The summed E-state index contributed by atoms with van der Waals surface area (Å²) in [6, 6.07) is 8.23. The lowest BCUT2D eigenvalue weighted by atomic mass is 10.1. The van der Waals surface area contributed by atoms with E-state index in [0.29, 0.717) is 15.2 Å². The third-order valence-corrected chi connectivity index (χ3v) is 5.19. The molecule has 1 saturated heterocycles. The minimum Gasteiger partial charge on any atom is -0.289 e. The summed E-state index contributed by atoms with van der Waals surface area (Å²) < 4.78 is 0. The van der Waals surface area contributed by atoms with Gasteiger partial charge in [0.25, 0.3) is 5.91 Å². The molecule has 2 aromatic rings. The van der Waals surface area contributed by atoms with Gasteiger partial charge in [0, 0.05) is 7.05 Å². The molecule has 7 heteroatoms. The summed E-state index contributed by atoms with van der Waals surface area (Å²) in [5, 5.41) is 9.97. The number of thioether (sulfide) groups is 1. The van der Waals surface area contributed by atoms with Crippen LogP contribution in [0.5, 0.6) is 0 Å². The summed E-state index contributed by atoms with van der Waals surface area (Å²) >= 11 is 2.77. The monoisotopic (exact) mass is 344 g/mol. The number of amides is 1. The van der Waals surface area contributed by atoms with Crippen LogP contribution in [0.3, 0.4) is 0 Å². The number of likely N-dealkylation sites (N-methyl/N-ethyl adjacent to an activating group) is 1. The van der Waals surface area contributed by atoms with Gasteiger partial charge in [-0.15, -0.1) is 10.2 Å². The van der Waals surface area contributed by atoms with Crippen molar-refractivity contribution in [2.75, 3.05) is 7.05 Å². The van der Waals surface area contributed by atoms with Gasteiger partial charge in [0.1, 0.15) is 5.01 Å². The van der Waals surface area contributed by atoms with Crippen molar-refractivity contribution in [3.63, 3.8) is 0 Å². The van der Waals surface area contributed by atoms with Gasteiger partial charge in [-0.2, -0.15) is 4.99 Å². The van der Waals surface area contributed by atoms with Crippen molar-refractivity contribution in [1.82, 2.24) is 15.1 Å². The Labute approximate surface area is 143 Å². The summed E-state index contributed by atoms with van der Waals surface area (Å²) in [6.07, 6.45) is 2.90. The van der Waals surface area contributed by atoms with Crippen LogP contribution in [-0.4, -0.2) is 33.2 Å². The van der Waals surface area contributed by atoms with Crippen molar-refractivity contribution in [2.24, 2.45) is 4.99 Å². The minimum atomic E-state index is -0.0467. The number of aromatic nitrogens is 2. The van der Waals surface area contributed by atoms with Crippen LogP contribution < -0.4 is 0 Å². The van der Waals surface area contributed by atoms with Gasteiger partial charge in [-0.1, -0.05) is 42.5 Å². The number of amidine groups is 1. The van der Waals surface area contributed by atoms with Crippen molar-refractivity contribution in [2.45, 2.75) is 20.3 Å². The first kappa shape index (κ1) is 15.9. The van der Waals surface area contributed by atoms with Crippen LogP contribution in [-0.2, 0) is 11.2 Å². The molecule has 0 N–H and O–H groups in total. The molecule has 0 saturated carbocycles. The van der Waals surface area contributed by atoms with Crippen LogP contribution in [0.1, 0.15) is 23.1 Å². The number of aliphatic imine (C=N–C) groups is 1. The molecule has 118 valence electrons. The number of hydrogen-bond donors (Lipinski definition) is 0. The van der Waals surface area contributed by atoms with Crippen LogP contribution in [0.15, 0.2) is 34.2 Å². The average molecular weight is 344 g/mol. The standard InChI is InChI=1S/C16H16N4OS2/c1-4-11-5-7-12(8-6-11)9-13-14(21)20(3)16(23-13)17-15-19-18-10(2)22-15/h5-9H,4H2,1-3H3/b13-9-,17-16+. The van der Waals surface area contributed by atoms with E-state index >= 15 is 0 Å². The number of carbonyl (C=O) groups excluding carboxylic acids is 1. The summed E-state index contributed by atoms with van der Waals surface area (Å²) in [6.45, 7) is 4.00. The van der Waals surface area contributed by atoms with E-state index in [1.54, 1.807) is 11.9 Å². The van der Waals surface area contributed by atoms with E-state index in [1.807, 2.05) is 25.1 Å². The van der Waals surface area contributed by atoms with E-state index in [-0.39, 0.29) is 5.91 Å². The van der Waals surface area contributed by atoms with Crippen molar-refractivity contribution >= 4 is 45.4 Å². The maximum atomic E-state index is 12.4. The average Bonchev–Trinajstić information content (AvgIpc) is 3.07. The van der Waals surface area contributed by atoms with Gasteiger partial charge in [0.05, 0.1) is 4.91 Å². The highest BCUT2D eigenvalue weighted by molar-refractivity contribution is 8.18. The topological polar surface area (TPSA) is 58.5 Å². The summed E-state index contributed by atoms with van der Waals surface area (Å²) in [5.41, 5.74) is 2.29. The molecule has 0 spiro atoms. The Hall–Kier alpha value is -1.99. The summed E-state index contributed by atoms with van der Waals surface area (Å²) in [7, 11) is 1.73. The highest BCUT2D eigenvalue weighted by atomic mass is 32.2. The second-order valence-corrected chi connectivity index (χ2v) is 7.24. The Kier molecular flexibility index (Phi) is 4.58. The fraction of sp³-hybridized carbons (Fsp3) is 0.250. The molecule has 2 heterocycles. The van der Waals surface area contributed by atoms with E-state index in [9.17, 15) is 4.79 Å². The Morgan fingerprint density at radius 3 is 2.61 bits per heavy atom. The normalized spacial score (nSPS) is 18.4. The lowest BCUT2D eigenvalue weighted by Gasteiger charge is -2.05. The van der Waals surface area contributed by atoms with Gasteiger partial charge < -0.3 is 0 Å². The quantitative estimate of drug-likeness (QED) is 0.798. The molecule has 0 aliphatic carbocycles. The smallest absolute Gasteiger partial charge is 0.266 e. The molecule has 1 aromatic heterocycles. The van der Waals surface area contributed by atoms with E-state index in [1.165, 1.54) is 28.7 Å². The predicted octanol–water partition coefficient (Wildman–Crippen LogP) is 3.64. The third-order valence-electron chi connectivity index (χ3n) is 3.40. The molecule has 0 atom stereocenters. The van der Waals surface area contributed by atoms with Crippen LogP contribution in [0, 0.1) is 6.92 Å². The number of nitrogens with zero attached hydrogens (tertiary/aromatic N) is 4. The number of rotatable bonds is 3. The molecule has 0 bridgehead atoms. The Balaban J connectivity index is 1.85. The lowest BCUT2D eigenvalue weighted by Crippen LogP contribution is -2.23. The highest BCUT2D eigenvalue weighted by Crippen LogP contribution is 2.33. The molecule has 5 nitrogen and oxygen atoms in total. The molecule has 23 heavy (non-hydrogen) atoms. The zero-order valence-corrected chi connectivity index (χ0v) is 14.7. The van der Waals surface area contributed by atoms with Gasteiger partial charge in [-0.05, 0) is 42.3 Å². The fourth-order valence-electron chi connectivity index (χ4n) is 2.07. The van der Waals surface area contributed by atoms with Crippen LogP contribution in [0.25, 0.3) is 6.08 Å². The molecule has 1 amide bonds. The van der Waals surface area contributed by atoms with Crippen molar-refractivity contribution in [3.05, 3.63) is 45.3 Å². The summed E-state index contributed by atoms with van der Waals surface area (Å²) in [4.78, 5) is 19.0. The molecule has 3 rings (SSSR count). The molecule has 1 aliphatic rings. The van der Waals surface area contributed by atoms with Crippen molar-refractivity contribution < 1.29 is 4.79 Å². The zero-order valence-electron chi connectivity index (χ0n) is 13.1. The van der Waals surface area contributed by atoms with E-state index in [4.69, 9.17) is 0 Å². The third kappa shape index (κ3) is 3.51. The molecular formula is C16H16N4OS2. The minimum absolute atomic E-state index is 0.0467. The second kappa shape index (κ2) is 6.64. The van der Waals surface area contributed by atoms with Crippen LogP contribution in [0.4, 0.5) is 5.13 Å². The highest BCUT2D eigenvalue weighted by Gasteiger charge is 2.30. The predicted molar refractivity (Wildman–Crippen MR) is 95.9 cm³/mol. The van der Waals surface area contributed by atoms with Gasteiger partial charge in [-0.25, -0.2) is 0 Å². The van der Waals surface area contributed by atoms with Crippen LogP contribution >= 0.6 is 23.1 Å². The number of benzene rings is 1. The van der Waals surface area contributed by atoms with E-state index in [0.717, 1.165) is 17.0 Å². The maximum Gasteiger partial charge on any atom is 0.266 e. The molecule has 1 aliphatic heterocycles. The van der Waals surface area contributed by atoms with Gasteiger partial charge in [-0.3, -0.25) is 9.69 Å². The van der Waals surface area contributed by atoms with E-state index in [2.05, 4.69) is 34.2 Å². The molecule has 0 radical (unpaired) electrons. The van der Waals surface area contributed by atoms with E-state index < -0.39 is 0 Å². The molecular weight excluding hydrogens is 328 g/mol. The summed E-state index contributed by atoms with van der Waals surface area (Å²) in [5.74, 6) is -0.0467. The largest absolute Gasteiger partial charge is 0.289 e. The zero-order chi connectivity index (χ0) is 16.4. The van der Waals surface area contributed by atoms with Gasteiger partial charge in [0.15, 0.2) is 5.17 Å². The molecule has 1 fully saturated rings. The van der Waals surface area contributed by atoms with Crippen molar-refractivity contribution in [1.29, 1.82) is 0 Å².